The lowest BCUT2D eigenvalue weighted by Crippen LogP contribution is -2.64. The maximum atomic E-state index is 6.37. The standard InChI is InChI=1S/C19H27B10N2/c1-12(2)15-8-7-9-16(13(3)4)18(15)31-11-10-30(6)19(31)17-14(5)25(17)29(27(22)23)28(24)26(20)21/h7-14,17H,1-6H3/q+1. The summed E-state index contributed by atoms with van der Waals surface area (Å²) in [5, 5.41) is 0. The Kier molecular flexibility index (Phi) is 7.59. The zero-order valence-corrected chi connectivity index (χ0v) is 19.9. The van der Waals surface area contributed by atoms with Crippen LogP contribution in [0.3, 0.4) is 0 Å². The van der Waals surface area contributed by atoms with Crippen molar-refractivity contribution in [2.45, 2.75) is 58.1 Å². The van der Waals surface area contributed by atoms with E-state index in [9.17, 15) is 0 Å². The number of para-hydroxylation sites is 1. The minimum absolute atomic E-state index is 0.145. The fourth-order valence-corrected chi connectivity index (χ4v) is 5.38. The number of rotatable bonds is 8. The second-order valence-corrected chi connectivity index (χ2v) is 10.0. The summed E-state index contributed by atoms with van der Waals surface area (Å²) in [6, 6.07) is 6.65. The molecule has 2 heterocycles. The van der Waals surface area contributed by atoms with Crippen LogP contribution in [0, 0.1) is 0 Å². The molecule has 31 heavy (non-hydrogen) atoms. The molecule has 10 radical (unpaired) electrons. The molecular formula is C19H27B10N2+. The van der Waals surface area contributed by atoms with Gasteiger partial charge in [0.2, 0.25) is 0 Å². The van der Waals surface area contributed by atoms with Crippen molar-refractivity contribution in [3.63, 3.8) is 0 Å². The van der Waals surface area contributed by atoms with Crippen LogP contribution in [-0.4, -0.2) is 75.4 Å². The molecule has 1 aromatic carbocycles. The second-order valence-electron chi connectivity index (χ2n) is 10.0. The van der Waals surface area contributed by atoms with Crippen molar-refractivity contribution in [1.82, 2.24) is 4.57 Å². The van der Waals surface area contributed by atoms with Gasteiger partial charge in [0.05, 0.1) is 7.05 Å². The van der Waals surface area contributed by atoms with Crippen LogP contribution in [-0.2, 0) is 7.05 Å². The van der Waals surface area contributed by atoms with E-state index in [1.54, 1.807) is 0 Å². The number of aromatic nitrogens is 2. The van der Waals surface area contributed by atoms with Gasteiger partial charge in [-0.25, -0.2) is 4.57 Å². The summed E-state index contributed by atoms with van der Waals surface area (Å²) < 4.78 is 4.59. The van der Waals surface area contributed by atoms with E-state index in [4.69, 9.17) is 38.7 Å². The van der Waals surface area contributed by atoms with Crippen molar-refractivity contribution < 1.29 is 4.57 Å². The summed E-state index contributed by atoms with van der Waals surface area (Å²) in [5.74, 6) is 2.74. The van der Waals surface area contributed by atoms with Gasteiger partial charge in [0.1, 0.15) is 24.7 Å². The van der Waals surface area contributed by atoms with Crippen LogP contribution in [0.15, 0.2) is 30.6 Å². The SMILES string of the molecule is [B]B([B])B([B])B(B([B])[B])B1C(C)C1c1n(-c2c(C(C)C)cccc2C(C)C)cc[n+]1C. The minimum atomic E-state index is -0.650. The predicted molar refractivity (Wildman–Crippen MR) is 145 cm³/mol. The molecule has 2 aromatic rings. The lowest BCUT2D eigenvalue weighted by atomic mass is 8.57. The van der Waals surface area contributed by atoms with E-state index < -0.39 is 19.2 Å². The van der Waals surface area contributed by atoms with Crippen molar-refractivity contribution in [2.24, 2.45) is 7.05 Å². The van der Waals surface area contributed by atoms with Gasteiger partial charge in [-0.05, 0) is 11.8 Å². The summed E-state index contributed by atoms with van der Waals surface area (Å²) in [6.07, 6.45) is 2.50. The van der Waals surface area contributed by atoms with Gasteiger partial charge < -0.3 is 0 Å². The van der Waals surface area contributed by atoms with Crippen LogP contribution in [0.5, 0.6) is 0 Å². The zero-order valence-electron chi connectivity index (χ0n) is 19.9. The molecule has 0 saturated carbocycles. The van der Waals surface area contributed by atoms with E-state index in [1.165, 1.54) is 22.6 Å². The molecule has 1 aromatic heterocycles. The minimum Gasteiger partial charge on any atom is -0.237 e. The van der Waals surface area contributed by atoms with Crippen LogP contribution in [0.2, 0.25) is 5.82 Å². The molecule has 0 spiro atoms. The Labute approximate surface area is 198 Å². The Balaban J connectivity index is 2.12. The maximum Gasteiger partial charge on any atom is 0.255 e. The first-order valence-corrected chi connectivity index (χ1v) is 11.5. The van der Waals surface area contributed by atoms with Gasteiger partial charge in [-0.3, -0.25) is 0 Å². The van der Waals surface area contributed by atoms with E-state index >= 15 is 0 Å². The van der Waals surface area contributed by atoms with Crippen LogP contribution in [0.1, 0.15) is 69.2 Å². The molecule has 0 N–H and O–H groups in total. The molecular weight excluding hydrogens is 364 g/mol. The summed E-state index contributed by atoms with van der Waals surface area (Å²) in [7, 11) is 32.7. The van der Waals surface area contributed by atoms with Crippen LogP contribution < -0.4 is 4.57 Å². The first-order valence-electron chi connectivity index (χ1n) is 11.5. The largest absolute Gasteiger partial charge is 0.255 e. The van der Waals surface area contributed by atoms with Gasteiger partial charge in [-0.1, -0.05) is 58.6 Å². The number of benzene rings is 1. The summed E-state index contributed by atoms with van der Waals surface area (Å²) in [6.45, 7) is 11.5. The van der Waals surface area contributed by atoms with Crippen LogP contribution in [0.25, 0.3) is 5.69 Å². The highest BCUT2D eigenvalue weighted by molar-refractivity contribution is 8.01. The van der Waals surface area contributed by atoms with Crippen molar-refractivity contribution in [3.8, 4) is 5.69 Å². The molecule has 3 rings (SSSR count). The number of nitrogens with zero attached hydrogens (tertiary/aromatic N) is 2. The van der Waals surface area contributed by atoms with Gasteiger partial charge in [-0.15, -0.1) is 0 Å². The Hall–Kier alpha value is -0.921. The summed E-state index contributed by atoms with van der Waals surface area (Å²) in [5.41, 5.74) is 3.98. The average Bonchev–Trinajstić information content (AvgIpc) is 3.15. The molecule has 0 bridgehead atoms. The molecule has 1 aliphatic heterocycles. The van der Waals surface area contributed by atoms with Crippen molar-refractivity contribution >= 4 is 70.8 Å². The number of aryl methyl sites for hydroxylation is 1. The highest BCUT2D eigenvalue weighted by atomic mass is 15.1. The average molecular weight is 392 g/mol. The van der Waals surface area contributed by atoms with Gasteiger partial charge >= 0.3 is 0 Å². The van der Waals surface area contributed by atoms with E-state index in [0.717, 1.165) is 0 Å². The van der Waals surface area contributed by atoms with Gasteiger partial charge in [0.15, 0.2) is 0 Å². The van der Waals surface area contributed by atoms with E-state index in [-0.39, 0.29) is 18.8 Å². The normalized spacial score (nSPS) is 17.9. The second kappa shape index (κ2) is 9.52. The summed E-state index contributed by atoms with van der Waals surface area (Å²) >= 11 is 0. The smallest absolute Gasteiger partial charge is 0.237 e. The lowest BCUT2D eigenvalue weighted by Gasteiger charge is -2.25. The van der Waals surface area contributed by atoms with Gasteiger partial charge in [-0.2, -0.15) is 4.57 Å². The quantitative estimate of drug-likeness (QED) is 0.463. The highest BCUT2D eigenvalue weighted by Gasteiger charge is 2.61. The molecule has 1 saturated heterocycles. The van der Waals surface area contributed by atoms with Crippen molar-refractivity contribution in [2.75, 3.05) is 0 Å². The van der Waals surface area contributed by atoms with Gasteiger partial charge in [0, 0.05) is 81.2 Å². The van der Waals surface area contributed by atoms with E-state index in [1.807, 2.05) is 0 Å². The van der Waals surface area contributed by atoms with E-state index in [2.05, 4.69) is 81.4 Å². The molecule has 1 fully saturated rings. The maximum absolute atomic E-state index is 6.37. The zero-order chi connectivity index (χ0) is 23.2. The first kappa shape index (κ1) is 24.7. The van der Waals surface area contributed by atoms with Crippen molar-refractivity contribution in [1.29, 1.82) is 0 Å². The topological polar surface area (TPSA) is 8.81 Å². The Morgan fingerprint density at radius 3 is 1.97 bits per heavy atom. The summed E-state index contributed by atoms with van der Waals surface area (Å²) in [4.78, 5) is 0. The fraction of sp³-hybridized carbons (Fsp3) is 0.526. The van der Waals surface area contributed by atoms with Crippen LogP contribution in [0.4, 0.5) is 0 Å². The highest BCUT2D eigenvalue weighted by Crippen LogP contribution is 2.52. The fourth-order valence-electron chi connectivity index (χ4n) is 5.38. The molecule has 2 nitrogen and oxygen atoms in total. The van der Waals surface area contributed by atoms with Crippen LogP contribution >= 0.6 is 0 Å². The third-order valence-corrected chi connectivity index (χ3v) is 7.15. The van der Waals surface area contributed by atoms with Gasteiger partial charge in [0.25, 0.3) is 5.82 Å². The molecule has 0 aliphatic carbocycles. The third kappa shape index (κ3) is 4.60. The molecule has 1 aliphatic rings. The molecule has 142 valence electrons. The number of hydrogen-bond donors (Lipinski definition) is 0. The Bertz CT molecular complexity index is 887. The predicted octanol–water partition coefficient (Wildman–Crippen LogP) is 0.689. The molecule has 12 heteroatoms. The van der Waals surface area contributed by atoms with E-state index in [0.29, 0.717) is 17.7 Å². The molecule has 2 unspecified atom stereocenters. The lowest BCUT2D eigenvalue weighted by molar-refractivity contribution is -0.678. The number of hydrogen-bond acceptors (Lipinski definition) is 0. The Morgan fingerprint density at radius 2 is 1.52 bits per heavy atom. The number of imidazole rings is 1. The third-order valence-electron chi connectivity index (χ3n) is 7.15. The van der Waals surface area contributed by atoms with Crippen molar-refractivity contribution in [3.05, 3.63) is 47.5 Å². The monoisotopic (exact) mass is 393 g/mol. The Morgan fingerprint density at radius 1 is 0.968 bits per heavy atom. The molecule has 2 atom stereocenters. The first-order chi connectivity index (χ1) is 14.5. The molecule has 0 amide bonds.